The normalized spacial score (nSPS) is 24.8. The number of carbonyl (C=O) groups excluding carboxylic acids is 3. The molecule has 2 aliphatic heterocycles. The van der Waals surface area contributed by atoms with Crippen LogP contribution in [0.2, 0.25) is 0 Å². The van der Waals surface area contributed by atoms with Gasteiger partial charge in [0.2, 0.25) is 5.91 Å². The Hall–Kier alpha value is -2.37. The van der Waals surface area contributed by atoms with Crippen molar-refractivity contribution in [2.45, 2.75) is 64.0 Å². The molecule has 0 radical (unpaired) electrons. The maximum absolute atomic E-state index is 13.1. The zero-order valence-electron chi connectivity index (χ0n) is 16.6. The maximum atomic E-state index is 13.1. The first-order valence-corrected chi connectivity index (χ1v) is 10.4. The highest BCUT2D eigenvalue weighted by Gasteiger charge is 2.51. The van der Waals surface area contributed by atoms with E-state index >= 15 is 0 Å². The van der Waals surface area contributed by atoms with Gasteiger partial charge in [0.1, 0.15) is 5.54 Å². The van der Waals surface area contributed by atoms with Crippen molar-refractivity contribution in [3.05, 3.63) is 35.4 Å². The largest absolute Gasteiger partial charge is 0.338 e. The van der Waals surface area contributed by atoms with Gasteiger partial charge in [0, 0.05) is 32.0 Å². The van der Waals surface area contributed by atoms with Crippen LogP contribution in [0.3, 0.4) is 0 Å². The van der Waals surface area contributed by atoms with Crippen LogP contribution in [-0.2, 0) is 16.1 Å². The molecule has 150 valence electrons. The lowest BCUT2D eigenvalue weighted by Gasteiger charge is -2.25. The molecule has 3 aliphatic rings. The highest BCUT2D eigenvalue weighted by molar-refractivity contribution is 6.07. The molecule has 1 saturated carbocycles. The molecule has 1 N–H and O–H groups in total. The number of nitrogens with zero attached hydrogens (tertiary/aromatic N) is 2. The lowest BCUT2D eigenvalue weighted by molar-refractivity contribution is -0.132. The molecule has 6 nitrogen and oxygen atoms in total. The number of likely N-dealkylation sites (tertiary alicyclic amines) is 1. The minimum Gasteiger partial charge on any atom is -0.338 e. The molecule has 0 aromatic heterocycles. The number of hydrogen-bond donors (Lipinski definition) is 1. The topological polar surface area (TPSA) is 69.7 Å². The van der Waals surface area contributed by atoms with E-state index in [1.165, 1.54) is 10.5 Å². The standard InChI is InChI=1S/C22H29N3O3/c1-16-6-8-17(9-7-16)13-24-14-18(12-19(24)26)15-25-20(27)22(23-21(25)28)10-4-2-3-5-11-22/h6-9,18H,2-5,10-15H2,1H3,(H,23,28). The molecule has 3 fully saturated rings. The summed E-state index contributed by atoms with van der Waals surface area (Å²) >= 11 is 0. The van der Waals surface area contributed by atoms with E-state index in [1.807, 2.05) is 36.1 Å². The summed E-state index contributed by atoms with van der Waals surface area (Å²) in [6.45, 7) is 3.55. The number of aryl methyl sites for hydroxylation is 1. The lowest BCUT2D eigenvalue weighted by Crippen LogP contribution is -2.46. The maximum Gasteiger partial charge on any atom is 0.325 e. The van der Waals surface area contributed by atoms with Gasteiger partial charge in [-0.25, -0.2) is 4.79 Å². The summed E-state index contributed by atoms with van der Waals surface area (Å²) in [5.74, 6) is 0.0271. The van der Waals surface area contributed by atoms with Crippen molar-refractivity contribution in [2.24, 2.45) is 5.92 Å². The van der Waals surface area contributed by atoms with E-state index < -0.39 is 5.54 Å². The zero-order chi connectivity index (χ0) is 19.7. The molecule has 0 bridgehead atoms. The SMILES string of the molecule is Cc1ccc(CN2CC(CN3C(=O)NC4(CCCCCC4)C3=O)CC2=O)cc1. The molecule has 1 aliphatic carbocycles. The van der Waals surface area contributed by atoms with Crippen LogP contribution < -0.4 is 5.32 Å². The molecule has 28 heavy (non-hydrogen) atoms. The third kappa shape index (κ3) is 3.64. The van der Waals surface area contributed by atoms with Crippen molar-refractivity contribution in [3.8, 4) is 0 Å². The Labute approximate surface area is 166 Å². The van der Waals surface area contributed by atoms with E-state index in [1.54, 1.807) is 0 Å². The summed E-state index contributed by atoms with van der Waals surface area (Å²) in [5.41, 5.74) is 1.60. The van der Waals surface area contributed by atoms with E-state index in [9.17, 15) is 14.4 Å². The predicted molar refractivity (Wildman–Crippen MR) is 105 cm³/mol. The molecule has 1 aromatic rings. The van der Waals surface area contributed by atoms with Crippen molar-refractivity contribution in [2.75, 3.05) is 13.1 Å². The summed E-state index contributed by atoms with van der Waals surface area (Å²) < 4.78 is 0. The van der Waals surface area contributed by atoms with Gasteiger partial charge in [-0.05, 0) is 25.3 Å². The Kier molecular flexibility index (Phi) is 5.13. The highest BCUT2D eigenvalue weighted by Crippen LogP contribution is 2.33. The molecule has 4 amide bonds. The van der Waals surface area contributed by atoms with Gasteiger partial charge in [-0.2, -0.15) is 0 Å². The Bertz CT molecular complexity index is 766. The van der Waals surface area contributed by atoms with Gasteiger partial charge in [-0.15, -0.1) is 0 Å². The van der Waals surface area contributed by atoms with Crippen molar-refractivity contribution >= 4 is 17.8 Å². The molecule has 1 unspecified atom stereocenters. The van der Waals surface area contributed by atoms with Gasteiger partial charge >= 0.3 is 6.03 Å². The average Bonchev–Trinajstić information content (AvgIpc) is 2.99. The number of hydrogen-bond acceptors (Lipinski definition) is 3. The van der Waals surface area contributed by atoms with Crippen LogP contribution in [0.4, 0.5) is 4.79 Å². The van der Waals surface area contributed by atoms with Gasteiger partial charge in [-0.1, -0.05) is 55.5 Å². The fourth-order valence-corrected chi connectivity index (χ4v) is 4.81. The van der Waals surface area contributed by atoms with Crippen LogP contribution in [0.1, 0.15) is 56.1 Å². The minimum absolute atomic E-state index is 0.00794. The molecule has 4 rings (SSSR count). The van der Waals surface area contributed by atoms with E-state index in [4.69, 9.17) is 0 Å². The van der Waals surface area contributed by atoms with E-state index in [0.717, 1.165) is 44.1 Å². The van der Waals surface area contributed by atoms with Crippen LogP contribution in [0.15, 0.2) is 24.3 Å². The quantitative estimate of drug-likeness (QED) is 0.813. The molecule has 2 saturated heterocycles. The first kappa shape index (κ1) is 19.0. The number of amides is 4. The summed E-state index contributed by atoms with van der Waals surface area (Å²) in [4.78, 5) is 41.3. The third-order valence-electron chi connectivity index (χ3n) is 6.43. The van der Waals surface area contributed by atoms with Gasteiger partial charge in [0.15, 0.2) is 0 Å². The van der Waals surface area contributed by atoms with Gasteiger partial charge < -0.3 is 10.2 Å². The number of imide groups is 1. The van der Waals surface area contributed by atoms with Crippen LogP contribution in [0, 0.1) is 12.8 Å². The molecule has 1 aromatic carbocycles. The van der Waals surface area contributed by atoms with Crippen molar-refractivity contribution in [1.29, 1.82) is 0 Å². The van der Waals surface area contributed by atoms with Gasteiger partial charge in [0.25, 0.3) is 5.91 Å². The number of carbonyl (C=O) groups is 3. The monoisotopic (exact) mass is 383 g/mol. The predicted octanol–water partition coefficient (Wildman–Crippen LogP) is 2.99. The Balaban J connectivity index is 1.39. The molecule has 2 heterocycles. The Morgan fingerprint density at radius 1 is 1.04 bits per heavy atom. The van der Waals surface area contributed by atoms with E-state index in [2.05, 4.69) is 5.32 Å². The van der Waals surface area contributed by atoms with Crippen molar-refractivity contribution < 1.29 is 14.4 Å². The second-order valence-corrected chi connectivity index (χ2v) is 8.67. The third-order valence-corrected chi connectivity index (χ3v) is 6.43. The summed E-state index contributed by atoms with van der Waals surface area (Å²) in [6, 6.07) is 7.91. The molecular formula is C22H29N3O3. The van der Waals surface area contributed by atoms with Crippen molar-refractivity contribution in [3.63, 3.8) is 0 Å². The fraction of sp³-hybridized carbons (Fsp3) is 0.591. The summed E-state index contributed by atoms with van der Waals surface area (Å²) in [6.07, 6.45) is 6.06. The number of benzene rings is 1. The molecule has 1 atom stereocenters. The van der Waals surface area contributed by atoms with Crippen molar-refractivity contribution in [1.82, 2.24) is 15.1 Å². The number of urea groups is 1. The second kappa shape index (κ2) is 7.57. The summed E-state index contributed by atoms with van der Waals surface area (Å²) in [5, 5.41) is 2.99. The smallest absolute Gasteiger partial charge is 0.325 e. The zero-order valence-corrected chi connectivity index (χ0v) is 16.6. The van der Waals surface area contributed by atoms with Gasteiger partial charge in [-0.3, -0.25) is 14.5 Å². The van der Waals surface area contributed by atoms with E-state index in [-0.39, 0.29) is 23.8 Å². The lowest BCUT2D eigenvalue weighted by atomic mass is 9.90. The first-order valence-electron chi connectivity index (χ1n) is 10.4. The van der Waals surface area contributed by atoms with Crippen LogP contribution in [0.5, 0.6) is 0 Å². The van der Waals surface area contributed by atoms with Gasteiger partial charge in [0.05, 0.1) is 0 Å². The van der Waals surface area contributed by atoms with Crippen LogP contribution in [-0.4, -0.2) is 46.3 Å². The molecule has 6 heteroatoms. The fourth-order valence-electron chi connectivity index (χ4n) is 4.81. The summed E-state index contributed by atoms with van der Waals surface area (Å²) in [7, 11) is 0. The Morgan fingerprint density at radius 3 is 2.39 bits per heavy atom. The Morgan fingerprint density at radius 2 is 1.71 bits per heavy atom. The molecular weight excluding hydrogens is 354 g/mol. The molecule has 1 spiro atoms. The average molecular weight is 383 g/mol. The van der Waals surface area contributed by atoms with Crippen LogP contribution >= 0.6 is 0 Å². The minimum atomic E-state index is -0.697. The number of nitrogens with one attached hydrogen (secondary N) is 1. The number of rotatable bonds is 4. The highest BCUT2D eigenvalue weighted by atomic mass is 16.2. The van der Waals surface area contributed by atoms with E-state index in [0.29, 0.717) is 26.1 Å². The second-order valence-electron chi connectivity index (χ2n) is 8.67. The van der Waals surface area contributed by atoms with Crippen LogP contribution in [0.25, 0.3) is 0 Å². The first-order chi connectivity index (χ1) is 13.5.